The van der Waals surface area contributed by atoms with Crippen LogP contribution in [-0.4, -0.2) is 30.3 Å². The molecule has 4 nitrogen and oxygen atoms in total. The largest absolute Gasteiger partial charge is 0.466 e. The molecule has 0 aromatic heterocycles. The number of rotatable bonds is 4. The van der Waals surface area contributed by atoms with E-state index in [-0.39, 0.29) is 17.7 Å². The van der Waals surface area contributed by atoms with Gasteiger partial charge in [-0.2, -0.15) is 13.2 Å². The standard InChI is InChI=1S/C18H20BrF3O4/c1-5-25-15(24)13-9-17(13,18(20,21)22)12-8-10(19)6-7-11(12)14(23)26-16(2,3)4/h6-8,13H,5,9H2,1-4H3/t13-,17+/m0/s1. The fraction of sp³-hybridized carbons (Fsp3) is 0.556. The summed E-state index contributed by atoms with van der Waals surface area (Å²) in [5, 5.41) is 0. The first-order valence-electron chi connectivity index (χ1n) is 8.10. The number of halogens is 4. The molecule has 1 aliphatic rings. The Balaban J connectivity index is 2.55. The minimum Gasteiger partial charge on any atom is -0.466 e. The van der Waals surface area contributed by atoms with Crippen LogP contribution < -0.4 is 0 Å². The Hall–Kier alpha value is -1.57. The highest BCUT2D eigenvalue weighted by Crippen LogP contribution is 2.64. The highest BCUT2D eigenvalue weighted by Gasteiger charge is 2.75. The quantitative estimate of drug-likeness (QED) is 0.636. The normalized spacial score (nSPS) is 22.7. The molecule has 26 heavy (non-hydrogen) atoms. The van der Waals surface area contributed by atoms with E-state index >= 15 is 0 Å². The van der Waals surface area contributed by atoms with Crippen molar-refractivity contribution in [1.82, 2.24) is 0 Å². The summed E-state index contributed by atoms with van der Waals surface area (Å²) >= 11 is 3.15. The van der Waals surface area contributed by atoms with Crippen molar-refractivity contribution in [2.45, 2.75) is 51.3 Å². The van der Waals surface area contributed by atoms with E-state index in [4.69, 9.17) is 9.47 Å². The predicted octanol–water partition coefficient (Wildman–Crippen LogP) is 4.79. The highest BCUT2D eigenvalue weighted by molar-refractivity contribution is 9.10. The van der Waals surface area contributed by atoms with Gasteiger partial charge in [0.25, 0.3) is 0 Å². The molecule has 0 N–H and O–H groups in total. The minimum absolute atomic E-state index is 0.0132. The number of ether oxygens (including phenoxy) is 2. The van der Waals surface area contributed by atoms with Crippen molar-refractivity contribution in [2.24, 2.45) is 5.92 Å². The zero-order valence-electron chi connectivity index (χ0n) is 14.9. The molecular weight excluding hydrogens is 417 g/mol. The maximum atomic E-state index is 14.0. The number of alkyl halides is 3. The van der Waals surface area contributed by atoms with Gasteiger partial charge in [-0.05, 0) is 57.9 Å². The zero-order valence-corrected chi connectivity index (χ0v) is 16.5. The first-order chi connectivity index (χ1) is 11.8. The smallest absolute Gasteiger partial charge is 0.399 e. The van der Waals surface area contributed by atoms with Crippen molar-refractivity contribution in [3.8, 4) is 0 Å². The lowest BCUT2D eigenvalue weighted by Crippen LogP contribution is -2.35. The average Bonchev–Trinajstić information content (AvgIpc) is 3.22. The first-order valence-corrected chi connectivity index (χ1v) is 8.89. The molecular formula is C18H20BrF3O4. The van der Waals surface area contributed by atoms with Gasteiger partial charge in [0.2, 0.25) is 0 Å². The van der Waals surface area contributed by atoms with Gasteiger partial charge in [0, 0.05) is 4.47 Å². The molecule has 0 spiro atoms. The van der Waals surface area contributed by atoms with Crippen LogP contribution in [0.5, 0.6) is 0 Å². The molecule has 0 amide bonds. The summed E-state index contributed by atoms with van der Waals surface area (Å²) < 4.78 is 52.3. The summed E-state index contributed by atoms with van der Waals surface area (Å²) in [6, 6.07) is 3.97. The number of hydrogen-bond donors (Lipinski definition) is 0. The van der Waals surface area contributed by atoms with Crippen LogP contribution in [0, 0.1) is 5.92 Å². The Morgan fingerprint density at radius 3 is 2.38 bits per heavy atom. The molecule has 1 aromatic rings. The summed E-state index contributed by atoms with van der Waals surface area (Å²) in [4.78, 5) is 24.5. The van der Waals surface area contributed by atoms with Crippen molar-refractivity contribution < 1.29 is 32.2 Å². The molecule has 0 heterocycles. The van der Waals surface area contributed by atoms with Gasteiger partial charge in [0.1, 0.15) is 11.0 Å². The third-order valence-electron chi connectivity index (χ3n) is 4.12. The molecule has 0 unspecified atom stereocenters. The summed E-state index contributed by atoms with van der Waals surface area (Å²) in [6.45, 7) is 6.39. The summed E-state index contributed by atoms with van der Waals surface area (Å²) in [5.41, 5.74) is -3.79. The molecule has 0 aliphatic heterocycles. The van der Waals surface area contributed by atoms with Crippen molar-refractivity contribution in [3.63, 3.8) is 0 Å². The monoisotopic (exact) mass is 436 g/mol. The molecule has 144 valence electrons. The van der Waals surface area contributed by atoms with E-state index in [0.29, 0.717) is 4.47 Å². The van der Waals surface area contributed by atoms with E-state index in [0.717, 1.165) is 0 Å². The highest BCUT2D eigenvalue weighted by atomic mass is 79.9. The number of carbonyl (C=O) groups excluding carboxylic acids is 2. The van der Waals surface area contributed by atoms with Crippen LogP contribution in [0.3, 0.4) is 0 Å². The summed E-state index contributed by atoms with van der Waals surface area (Å²) in [6.07, 6.45) is -5.18. The van der Waals surface area contributed by atoms with Gasteiger partial charge >= 0.3 is 18.1 Å². The second-order valence-electron chi connectivity index (χ2n) is 7.17. The van der Waals surface area contributed by atoms with E-state index < -0.39 is 41.5 Å². The molecule has 1 aliphatic carbocycles. The van der Waals surface area contributed by atoms with Gasteiger partial charge in [-0.15, -0.1) is 0 Å². The lowest BCUT2D eigenvalue weighted by Gasteiger charge is -2.25. The average molecular weight is 437 g/mol. The van der Waals surface area contributed by atoms with Crippen LogP contribution in [0.2, 0.25) is 0 Å². The van der Waals surface area contributed by atoms with Crippen molar-refractivity contribution in [1.29, 1.82) is 0 Å². The lowest BCUT2D eigenvalue weighted by molar-refractivity contribution is -0.172. The minimum atomic E-state index is -4.72. The van der Waals surface area contributed by atoms with Gasteiger partial charge in [0.15, 0.2) is 0 Å². The van der Waals surface area contributed by atoms with Crippen molar-refractivity contribution >= 4 is 27.9 Å². The first kappa shape index (κ1) is 20.7. The molecule has 0 radical (unpaired) electrons. The van der Waals surface area contributed by atoms with Crippen molar-refractivity contribution in [3.05, 3.63) is 33.8 Å². The SMILES string of the molecule is CCOC(=O)[C@@H]1C[C@]1(c1cc(Br)ccc1C(=O)OC(C)(C)C)C(F)(F)F. The van der Waals surface area contributed by atoms with E-state index in [1.165, 1.54) is 25.1 Å². The summed E-state index contributed by atoms with van der Waals surface area (Å²) in [7, 11) is 0. The zero-order chi connectivity index (χ0) is 19.9. The Bertz CT molecular complexity index is 724. The molecule has 0 saturated heterocycles. The fourth-order valence-corrected chi connectivity index (χ4v) is 3.31. The van der Waals surface area contributed by atoms with Crippen LogP contribution in [0.15, 0.2) is 22.7 Å². The molecule has 1 saturated carbocycles. The molecule has 2 rings (SSSR count). The third kappa shape index (κ3) is 3.89. The van der Waals surface area contributed by atoms with Gasteiger partial charge < -0.3 is 9.47 Å². The van der Waals surface area contributed by atoms with E-state index in [1.807, 2.05) is 0 Å². The van der Waals surface area contributed by atoms with Gasteiger partial charge in [-0.1, -0.05) is 15.9 Å². The number of esters is 2. The third-order valence-corrected chi connectivity index (χ3v) is 4.61. The van der Waals surface area contributed by atoms with E-state index in [9.17, 15) is 22.8 Å². The number of carbonyl (C=O) groups is 2. The van der Waals surface area contributed by atoms with Gasteiger partial charge in [0.05, 0.1) is 18.1 Å². The summed E-state index contributed by atoms with van der Waals surface area (Å²) in [5.74, 6) is -3.16. The fourth-order valence-electron chi connectivity index (χ4n) is 2.95. The van der Waals surface area contributed by atoms with Crippen LogP contribution in [0.4, 0.5) is 13.2 Å². The maximum Gasteiger partial charge on any atom is 0.399 e. The Morgan fingerprint density at radius 2 is 1.88 bits per heavy atom. The topological polar surface area (TPSA) is 52.6 Å². The molecule has 0 bridgehead atoms. The number of benzene rings is 1. The van der Waals surface area contributed by atoms with Gasteiger partial charge in [-0.25, -0.2) is 4.79 Å². The Labute approximate surface area is 158 Å². The van der Waals surface area contributed by atoms with Gasteiger partial charge in [-0.3, -0.25) is 4.79 Å². The second kappa shape index (κ2) is 6.87. The van der Waals surface area contributed by atoms with Crippen LogP contribution >= 0.6 is 15.9 Å². The van der Waals surface area contributed by atoms with E-state index in [2.05, 4.69) is 15.9 Å². The molecule has 1 fully saturated rings. The van der Waals surface area contributed by atoms with Crippen LogP contribution in [0.1, 0.15) is 50.0 Å². The molecule has 1 aromatic carbocycles. The Kier molecular flexibility index (Phi) is 5.48. The van der Waals surface area contributed by atoms with Crippen LogP contribution in [0.25, 0.3) is 0 Å². The van der Waals surface area contributed by atoms with E-state index in [1.54, 1.807) is 20.8 Å². The second-order valence-corrected chi connectivity index (χ2v) is 8.09. The Morgan fingerprint density at radius 1 is 1.27 bits per heavy atom. The molecule has 8 heteroatoms. The maximum absolute atomic E-state index is 14.0. The molecule has 2 atom stereocenters. The van der Waals surface area contributed by atoms with Crippen molar-refractivity contribution in [2.75, 3.05) is 6.61 Å². The number of hydrogen-bond acceptors (Lipinski definition) is 4. The van der Waals surface area contributed by atoms with Crippen LogP contribution in [-0.2, 0) is 19.7 Å². The lowest BCUT2D eigenvalue weighted by atomic mass is 9.88. The predicted molar refractivity (Wildman–Crippen MR) is 91.8 cm³/mol.